The van der Waals surface area contributed by atoms with Crippen LogP contribution in [0.1, 0.15) is 30.4 Å². The molecule has 1 N–H and O–H groups in total. The van der Waals surface area contributed by atoms with Crippen molar-refractivity contribution in [1.82, 2.24) is 19.9 Å². The molecule has 2 aromatic heterocycles. The van der Waals surface area contributed by atoms with Crippen molar-refractivity contribution in [3.63, 3.8) is 0 Å². The highest BCUT2D eigenvalue weighted by atomic mass is 19.1. The summed E-state index contributed by atoms with van der Waals surface area (Å²) in [6.07, 6.45) is 3.51. The first-order valence-electron chi connectivity index (χ1n) is 7.59. The van der Waals surface area contributed by atoms with Crippen LogP contribution < -0.4 is 0 Å². The Morgan fingerprint density at radius 1 is 1.23 bits per heavy atom. The van der Waals surface area contributed by atoms with Gasteiger partial charge in [0.15, 0.2) is 0 Å². The summed E-state index contributed by atoms with van der Waals surface area (Å²) in [5, 5.41) is 0. The minimum Gasteiger partial charge on any atom is -0.341 e. The number of hydrogen-bond donors (Lipinski definition) is 1. The fourth-order valence-electron chi connectivity index (χ4n) is 3.16. The van der Waals surface area contributed by atoms with Crippen molar-refractivity contribution >= 4 is 11.0 Å². The standard InChI is InChI=1S/C17H17FN4/c18-12-7-8-13(19-10-12)11-22-9-3-6-16(22)17-20-14-4-1-2-5-15(14)21-17/h1-2,4-5,7-8,10,16H,3,6,9,11H2,(H,20,21). The summed E-state index contributed by atoms with van der Waals surface area (Å²) in [6.45, 7) is 1.74. The Labute approximate surface area is 128 Å². The maximum Gasteiger partial charge on any atom is 0.141 e. The van der Waals surface area contributed by atoms with E-state index >= 15 is 0 Å². The average molecular weight is 296 g/mol. The lowest BCUT2D eigenvalue weighted by Crippen LogP contribution is -2.24. The Balaban J connectivity index is 1.58. The average Bonchev–Trinajstić information content (AvgIpc) is 3.15. The highest BCUT2D eigenvalue weighted by Gasteiger charge is 2.28. The number of benzene rings is 1. The van der Waals surface area contributed by atoms with Gasteiger partial charge in [-0.3, -0.25) is 9.88 Å². The molecule has 1 aromatic carbocycles. The first kappa shape index (κ1) is 13.4. The molecule has 1 aliphatic heterocycles. The largest absolute Gasteiger partial charge is 0.341 e. The number of pyridine rings is 1. The Kier molecular flexibility index (Phi) is 3.35. The van der Waals surface area contributed by atoms with Gasteiger partial charge in [0.1, 0.15) is 11.6 Å². The monoisotopic (exact) mass is 296 g/mol. The predicted molar refractivity (Wildman–Crippen MR) is 82.7 cm³/mol. The van der Waals surface area contributed by atoms with Gasteiger partial charge in [0.05, 0.1) is 29.0 Å². The van der Waals surface area contributed by atoms with Gasteiger partial charge in [-0.05, 0) is 43.7 Å². The number of aromatic nitrogens is 3. The third-order valence-electron chi connectivity index (χ3n) is 4.24. The van der Waals surface area contributed by atoms with Crippen LogP contribution in [0.3, 0.4) is 0 Å². The maximum absolute atomic E-state index is 13.0. The number of imidazole rings is 1. The number of fused-ring (bicyclic) bond motifs is 1. The predicted octanol–water partition coefficient (Wildman–Crippen LogP) is 3.43. The van der Waals surface area contributed by atoms with Gasteiger partial charge in [0, 0.05) is 6.54 Å². The van der Waals surface area contributed by atoms with Crippen molar-refractivity contribution < 1.29 is 4.39 Å². The zero-order chi connectivity index (χ0) is 14.9. The van der Waals surface area contributed by atoms with Crippen LogP contribution in [0.4, 0.5) is 4.39 Å². The number of para-hydroxylation sites is 2. The summed E-state index contributed by atoms with van der Waals surface area (Å²) in [6, 6.07) is 11.6. The van der Waals surface area contributed by atoms with E-state index in [1.54, 1.807) is 6.07 Å². The maximum atomic E-state index is 13.0. The molecule has 0 saturated carbocycles. The van der Waals surface area contributed by atoms with Crippen molar-refractivity contribution in [1.29, 1.82) is 0 Å². The lowest BCUT2D eigenvalue weighted by Gasteiger charge is -2.22. The van der Waals surface area contributed by atoms with E-state index < -0.39 is 0 Å². The fourth-order valence-corrected chi connectivity index (χ4v) is 3.16. The van der Waals surface area contributed by atoms with E-state index in [-0.39, 0.29) is 11.9 Å². The summed E-state index contributed by atoms with van der Waals surface area (Å²) >= 11 is 0. The van der Waals surface area contributed by atoms with Gasteiger partial charge >= 0.3 is 0 Å². The van der Waals surface area contributed by atoms with Gasteiger partial charge in [-0.1, -0.05) is 12.1 Å². The molecule has 22 heavy (non-hydrogen) atoms. The van der Waals surface area contributed by atoms with E-state index in [0.717, 1.165) is 48.5 Å². The van der Waals surface area contributed by atoms with Gasteiger partial charge in [-0.2, -0.15) is 0 Å². The van der Waals surface area contributed by atoms with Crippen LogP contribution in [0, 0.1) is 5.82 Å². The molecule has 112 valence electrons. The van der Waals surface area contributed by atoms with E-state index in [2.05, 4.69) is 14.9 Å². The molecule has 0 amide bonds. The van der Waals surface area contributed by atoms with Gasteiger partial charge in [0.2, 0.25) is 0 Å². The van der Waals surface area contributed by atoms with Crippen LogP contribution in [0.15, 0.2) is 42.6 Å². The second-order valence-electron chi connectivity index (χ2n) is 5.74. The van der Waals surface area contributed by atoms with Crippen molar-refractivity contribution in [2.75, 3.05) is 6.54 Å². The molecule has 1 atom stereocenters. The normalized spacial score (nSPS) is 19.0. The summed E-state index contributed by atoms with van der Waals surface area (Å²) in [7, 11) is 0. The first-order chi connectivity index (χ1) is 10.8. The van der Waals surface area contributed by atoms with Crippen LogP contribution in [0.5, 0.6) is 0 Å². The molecular formula is C17H17FN4. The first-order valence-corrected chi connectivity index (χ1v) is 7.59. The van der Waals surface area contributed by atoms with Gasteiger partial charge in [-0.25, -0.2) is 9.37 Å². The van der Waals surface area contributed by atoms with E-state index in [1.165, 1.54) is 12.3 Å². The molecular weight excluding hydrogens is 279 g/mol. The summed E-state index contributed by atoms with van der Waals surface area (Å²) in [5.41, 5.74) is 2.97. The van der Waals surface area contributed by atoms with Crippen LogP contribution in [-0.2, 0) is 6.54 Å². The fraction of sp³-hybridized carbons (Fsp3) is 0.294. The third-order valence-corrected chi connectivity index (χ3v) is 4.24. The molecule has 0 bridgehead atoms. The molecule has 5 heteroatoms. The SMILES string of the molecule is Fc1ccc(CN2CCCC2c2nc3ccccc3[nH]2)nc1. The molecule has 1 saturated heterocycles. The smallest absolute Gasteiger partial charge is 0.141 e. The van der Waals surface area contributed by atoms with Crippen LogP contribution in [-0.4, -0.2) is 26.4 Å². The Morgan fingerprint density at radius 2 is 2.14 bits per heavy atom. The van der Waals surface area contributed by atoms with Gasteiger partial charge in [-0.15, -0.1) is 0 Å². The van der Waals surface area contributed by atoms with Crippen LogP contribution in [0.2, 0.25) is 0 Å². The second-order valence-corrected chi connectivity index (χ2v) is 5.74. The van der Waals surface area contributed by atoms with Gasteiger partial charge in [0.25, 0.3) is 0 Å². The summed E-state index contributed by atoms with van der Waals surface area (Å²) in [4.78, 5) is 14.7. The number of likely N-dealkylation sites (tertiary alicyclic amines) is 1. The van der Waals surface area contributed by atoms with Crippen molar-refractivity contribution in [2.24, 2.45) is 0 Å². The van der Waals surface area contributed by atoms with E-state index in [4.69, 9.17) is 4.98 Å². The van der Waals surface area contributed by atoms with E-state index in [0.29, 0.717) is 0 Å². The number of nitrogens with zero attached hydrogens (tertiary/aromatic N) is 3. The lowest BCUT2D eigenvalue weighted by atomic mass is 10.2. The molecule has 0 aliphatic carbocycles. The van der Waals surface area contributed by atoms with E-state index in [9.17, 15) is 4.39 Å². The molecule has 4 rings (SSSR count). The molecule has 1 aliphatic rings. The van der Waals surface area contributed by atoms with Crippen molar-refractivity contribution in [3.05, 3.63) is 59.9 Å². The number of rotatable bonds is 3. The zero-order valence-corrected chi connectivity index (χ0v) is 12.2. The molecule has 4 nitrogen and oxygen atoms in total. The Morgan fingerprint density at radius 3 is 2.95 bits per heavy atom. The minimum absolute atomic E-state index is 0.277. The number of aromatic amines is 1. The van der Waals surface area contributed by atoms with E-state index in [1.807, 2.05) is 24.3 Å². The highest BCUT2D eigenvalue weighted by Crippen LogP contribution is 2.32. The third kappa shape index (κ3) is 2.48. The molecule has 3 aromatic rings. The Hall–Kier alpha value is -2.27. The topological polar surface area (TPSA) is 44.8 Å². The number of H-pyrrole nitrogens is 1. The molecule has 1 unspecified atom stereocenters. The zero-order valence-electron chi connectivity index (χ0n) is 12.2. The number of hydrogen-bond acceptors (Lipinski definition) is 3. The number of nitrogens with one attached hydrogen (secondary N) is 1. The molecule has 0 radical (unpaired) electrons. The molecule has 3 heterocycles. The van der Waals surface area contributed by atoms with Crippen molar-refractivity contribution in [2.45, 2.75) is 25.4 Å². The number of halogens is 1. The molecule has 0 spiro atoms. The molecule has 1 fully saturated rings. The summed E-state index contributed by atoms with van der Waals surface area (Å²) < 4.78 is 13.0. The minimum atomic E-state index is -0.293. The van der Waals surface area contributed by atoms with Gasteiger partial charge < -0.3 is 4.98 Å². The van der Waals surface area contributed by atoms with Crippen LogP contribution in [0.25, 0.3) is 11.0 Å². The lowest BCUT2D eigenvalue weighted by molar-refractivity contribution is 0.238. The quantitative estimate of drug-likeness (QED) is 0.805. The second kappa shape index (κ2) is 5.50. The highest BCUT2D eigenvalue weighted by molar-refractivity contribution is 5.74. The summed E-state index contributed by atoms with van der Waals surface area (Å²) in [5.74, 6) is 0.722. The van der Waals surface area contributed by atoms with Crippen LogP contribution >= 0.6 is 0 Å². The Bertz CT molecular complexity index is 748. The van der Waals surface area contributed by atoms with Crippen molar-refractivity contribution in [3.8, 4) is 0 Å².